The van der Waals surface area contributed by atoms with Crippen LogP contribution >= 0.6 is 11.8 Å². The van der Waals surface area contributed by atoms with Crippen LogP contribution in [0.25, 0.3) is 0 Å². The van der Waals surface area contributed by atoms with Gasteiger partial charge in [-0.05, 0) is 32.4 Å². The number of thioether (sulfide) groups is 1. The third-order valence-electron chi connectivity index (χ3n) is 2.04. The molecule has 2 nitrogen and oxygen atoms in total. The Morgan fingerprint density at radius 2 is 2.45 bits per heavy atom. The van der Waals surface area contributed by atoms with E-state index < -0.39 is 0 Å². The van der Waals surface area contributed by atoms with Crippen molar-refractivity contribution in [3.63, 3.8) is 0 Å². The van der Waals surface area contributed by atoms with Crippen molar-refractivity contribution in [2.75, 3.05) is 12.3 Å². The van der Waals surface area contributed by atoms with E-state index in [2.05, 4.69) is 5.32 Å². The fraction of sp³-hybridized carbons (Fsp3) is 0.875. The van der Waals surface area contributed by atoms with Gasteiger partial charge in [0, 0.05) is 6.54 Å². The second kappa shape index (κ2) is 3.48. The summed E-state index contributed by atoms with van der Waals surface area (Å²) in [5.74, 6) is 1.34. The summed E-state index contributed by atoms with van der Waals surface area (Å²) in [6.45, 7) is 4.74. The molecule has 1 rings (SSSR count). The summed E-state index contributed by atoms with van der Waals surface area (Å²) in [7, 11) is 0. The van der Waals surface area contributed by atoms with Crippen LogP contribution in [0.4, 0.5) is 0 Å². The van der Waals surface area contributed by atoms with Crippen molar-refractivity contribution in [2.24, 2.45) is 0 Å². The first-order valence-electron chi connectivity index (χ1n) is 4.11. The number of hydrogen-bond donors (Lipinski definition) is 1. The average Bonchev–Trinajstić information content (AvgIpc) is 2.38. The molecule has 1 unspecified atom stereocenters. The minimum absolute atomic E-state index is 0.129. The molecule has 1 aliphatic rings. The smallest absolute Gasteiger partial charge is 0.235 e. The van der Waals surface area contributed by atoms with Crippen LogP contribution in [-0.2, 0) is 4.79 Å². The van der Waals surface area contributed by atoms with Crippen LogP contribution in [0.5, 0.6) is 0 Å². The fourth-order valence-corrected chi connectivity index (χ4v) is 2.54. The molecule has 1 atom stereocenters. The van der Waals surface area contributed by atoms with E-state index in [0.717, 1.165) is 18.7 Å². The van der Waals surface area contributed by atoms with Crippen molar-refractivity contribution in [3.8, 4) is 0 Å². The summed E-state index contributed by atoms with van der Waals surface area (Å²) in [5, 5.41) is 2.87. The number of nitrogens with one attached hydrogen (secondary N) is 1. The Labute approximate surface area is 72.1 Å². The molecule has 0 saturated carbocycles. The van der Waals surface area contributed by atoms with Crippen molar-refractivity contribution in [1.82, 2.24) is 5.32 Å². The van der Waals surface area contributed by atoms with Crippen molar-refractivity contribution >= 4 is 17.7 Å². The summed E-state index contributed by atoms with van der Waals surface area (Å²) < 4.78 is -0.129. The Bertz CT molecular complexity index is 152. The van der Waals surface area contributed by atoms with Crippen molar-refractivity contribution in [1.29, 1.82) is 0 Å². The van der Waals surface area contributed by atoms with E-state index in [1.807, 2.05) is 13.8 Å². The van der Waals surface area contributed by atoms with E-state index in [9.17, 15) is 4.79 Å². The third-order valence-corrected chi connectivity index (χ3v) is 3.56. The molecule has 0 spiro atoms. The van der Waals surface area contributed by atoms with Crippen molar-refractivity contribution in [3.05, 3.63) is 0 Å². The Morgan fingerprint density at radius 1 is 1.73 bits per heavy atom. The van der Waals surface area contributed by atoms with Crippen molar-refractivity contribution in [2.45, 2.75) is 31.4 Å². The zero-order valence-corrected chi connectivity index (χ0v) is 7.96. The van der Waals surface area contributed by atoms with Gasteiger partial charge in [0.05, 0.1) is 4.75 Å². The van der Waals surface area contributed by atoms with Gasteiger partial charge < -0.3 is 5.32 Å². The number of amides is 1. The lowest BCUT2D eigenvalue weighted by Crippen LogP contribution is -2.40. The van der Waals surface area contributed by atoms with E-state index in [-0.39, 0.29) is 10.7 Å². The zero-order valence-electron chi connectivity index (χ0n) is 7.14. The largest absolute Gasteiger partial charge is 0.355 e. The molecule has 0 bridgehead atoms. The third kappa shape index (κ3) is 1.89. The summed E-state index contributed by atoms with van der Waals surface area (Å²) in [5.41, 5.74) is 0. The molecule has 0 aliphatic carbocycles. The summed E-state index contributed by atoms with van der Waals surface area (Å²) in [6.07, 6.45) is 2.21. The lowest BCUT2D eigenvalue weighted by Gasteiger charge is -2.20. The van der Waals surface area contributed by atoms with Gasteiger partial charge in [-0.25, -0.2) is 0 Å². The molecule has 0 aromatic rings. The molecule has 64 valence electrons. The predicted molar refractivity (Wildman–Crippen MR) is 48.8 cm³/mol. The Morgan fingerprint density at radius 3 is 2.91 bits per heavy atom. The maximum atomic E-state index is 11.4. The Balaban J connectivity index is 2.49. The summed E-state index contributed by atoms with van der Waals surface area (Å²) >= 11 is 1.78. The molecule has 1 saturated heterocycles. The van der Waals surface area contributed by atoms with Crippen molar-refractivity contribution < 1.29 is 4.79 Å². The topological polar surface area (TPSA) is 29.1 Å². The predicted octanol–water partition coefficient (Wildman–Crippen LogP) is 1.41. The molecule has 0 radical (unpaired) electrons. The first-order valence-corrected chi connectivity index (χ1v) is 5.10. The van der Waals surface area contributed by atoms with Gasteiger partial charge in [0.2, 0.25) is 5.91 Å². The lowest BCUT2D eigenvalue weighted by molar-refractivity contribution is -0.122. The minimum atomic E-state index is -0.129. The SMILES string of the molecule is CCNC(=O)C1(C)CCCS1. The molecule has 1 N–H and O–H groups in total. The second-order valence-corrected chi connectivity index (χ2v) is 4.64. The zero-order chi connectivity index (χ0) is 8.32. The second-order valence-electron chi connectivity index (χ2n) is 3.04. The highest BCUT2D eigenvalue weighted by molar-refractivity contribution is 8.01. The first kappa shape index (κ1) is 8.91. The molecule has 1 fully saturated rings. The molecule has 3 heteroatoms. The quantitative estimate of drug-likeness (QED) is 0.684. The van der Waals surface area contributed by atoms with Crippen LogP contribution < -0.4 is 5.32 Å². The van der Waals surface area contributed by atoms with Gasteiger partial charge in [-0.2, -0.15) is 0 Å². The van der Waals surface area contributed by atoms with Crippen LogP contribution in [0.3, 0.4) is 0 Å². The van der Waals surface area contributed by atoms with Crippen LogP contribution in [0.1, 0.15) is 26.7 Å². The van der Waals surface area contributed by atoms with Crippen LogP contribution in [-0.4, -0.2) is 23.0 Å². The molecule has 1 heterocycles. The van der Waals surface area contributed by atoms with Crippen LogP contribution in [0, 0.1) is 0 Å². The summed E-state index contributed by atoms with van der Waals surface area (Å²) in [6, 6.07) is 0. The van der Waals surface area contributed by atoms with E-state index in [1.165, 1.54) is 6.42 Å². The molecule has 1 amide bonds. The van der Waals surface area contributed by atoms with E-state index in [4.69, 9.17) is 0 Å². The van der Waals surface area contributed by atoms with Gasteiger partial charge in [0.15, 0.2) is 0 Å². The van der Waals surface area contributed by atoms with E-state index in [1.54, 1.807) is 11.8 Å². The van der Waals surface area contributed by atoms with Gasteiger partial charge in [-0.1, -0.05) is 0 Å². The van der Waals surface area contributed by atoms with Crippen LogP contribution in [0.2, 0.25) is 0 Å². The van der Waals surface area contributed by atoms with Gasteiger partial charge >= 0.3 is 0 Å². The standard InChI is InChI=1S/C8H15NOS/c1-3-9-7(10)8(2)5-4-6-11-8/h3-6H2,1-2H3,(H,9,10). The Hall–Kier alpha value is -0.180. The number of carbonyl (C=O) groups excluding carboxylic acids is 1. The van der Waals surface area contributed by atoms with Gasteiger partial charge in [0.25, 0.3) is 0 Å². The molecule has 1 aliphatic heterocycles. The van der Waals surface area contributed by atoms with E-state index in [0.29, 0.717) is 0 Å². The maximum Gasteiger partial charge on any atom is 0.235 e. The minimum Gasteiger partial charge on any atom is -0.355 e. The molecule has 0 aromatic carbocycles. The highest BCUT2D eigenvalue weighted by Gasteiger charge is 2.36. The average molecular weight is 173 g/mol. The van der Waals surface area contributed by atoms with Gasteiger partial charge in [-0.15, -0.1) is 11.8 Å². The van der Waals surface area contributed by atoms with E-state index >= 15 is 0 Å². The normalized spacial score (nSPS) is 30.4. The fourth-order valence-electron chi connectivity index (χ4n) is 1.31. The first-order chi connectivity index (χ1) is 5.19. The molecular formula is C8H15NOS. The van der Waals surface area contributed by atoms with Gasteiger partial charge in [0.1, 0.15) is 0 Å². The lowest BCUT2D eigenvalue weighted by atomic mass is 10.1. The number of carbonyl (C=O) groups is 1. The maximum absolute atomic E-state index is 11.4. The molecule has 0 aromatic heterocycles. The summed E-state index contributed by atoms with van der Waals surface area (Å²) in [4.78, 5) is 11.4. The van der Waals surface area contributed by atoms with Gasteiger partial charge in [-0.3, -0.25) is 4.79 Å². The molecule has 11 heavy (non-hydrogen) atoms. The number of rotatable bonds is 2. The van der Waals surface area contributed by atoms with Crippen LogP contribution in [0.15, 0.2) is 0 Å². The monoisotopic (exact) mass is 173 g/mol. The highest BCUT2D eigenvalue weighted by Crippen LogP contribution is 2.37. The molecular weight excluding hydrogens is 158 g/mol. The number of hydrogen-bond acceptors (Lipinski definition) is 2. The highest BCUT2D eigenvalue weighted by atomic mass is 32.2. The Kier molecular flexibility index (Phi) is 2.82.